The fourth-order valence-corrected chi connectivity index (χ4v) is 3.74. The molecular formula is C19H24N4O2. The molecule has 4 rings (SSSR count). The van der Waals surface area contributed by atoms with E-state index in [1.165, 1.54) is 0 Å². The molecule has 2 aromatic rings. The van der Waals surface area contributed by atoms with Crippen molar-refractivity contribution in [1.29, 1.82) is 0 Å². The number of nitrogens with zero attached hydrogens (tertiary/aromatic N) is 2. The molecule has 0 aliphatic carbocycles. The smallest absolute Gasteiger partial charge is 0.320 e. The summed E-state index contributed by atoms with van der Waals surface area (Å²) in [5.41, 5.74) is 1.89. The number of carbonyl (C=O) groups excluding carboxylic acids is 1. The van der Waals surface area contributed by atoms with Crippen LogP contribution in [0.15, 0.2) is 36.4 Å². The first-order valence-corrected chi connectivity index (χ1v) is 8.98. The van der Waals surface area contributed by atoms with E-state index in [0.717, 1.165) is 30.5 Å². The van der Waals surface area contributed by atoms with Gasteiger partial charge in [0.05, 0.1) is 23.9 Å². The lowest BCUT2D eigenvalue weighted by Gasteiger charge is -2.20. The van der Waals surface area contributed by atoms with Crippen LogP contribution in [0, 0.1) is 0 Å². The van der Waals surface area contributed by atoms with E-state index >= 15 is 0 Å². The molecule has 2 N–H and O–H groups in total. The maximum absolute atomic E-state index is 12.4. The van der Waals surface area contributed by atoms with E-state index in [0.29, 0.717) is 11.9 Å². The summed E-state index contributed by atoms with van der Waals surface area (Å²) < 4.78 is 7.65. The molecule has 0 radical (unpaired) electrons. The molecule has 3 unspecified atom stereocenters. The maximum Gasteiger partial charge on any atom is 0.320 e. The van der Waals surface area contributed by atoms with Crippen molar-refractivity contribution in [3.05, 3.63) is 36.4 Å². The Balaban J connectivity index is 1.49. The van der Waals surface area contributed by atoms with Crippen molar-refractivity contribution in [2.24, 2.45) is 0 Å². The Labute approximate surface area is 147 Å². The molecule has 2 aliphatic rings. The first-order valence-electron chi connectivity index (χ1n) is 8.98. The molecule has 3 heterocycles. The van der Waals surface area contributed by atoms with E-state index in [2.05, 4.69) is 29.6 Å². The highest BCUT2D eigenvalue weighted by Gasteiger charge is 2.41. The van der Waals surface area contributed by atoms with Crippen molar-refractivity contribution >= 4 is 11.8 Å². The molecule has 1 aromatic carbocycles. The van der Waals surface area contributed by atoms with Crippen molar-refractivity contribution in [1.82, 2.24) is 15.1 Å². The van der Waals surface area contributed by atoms with Gasteiger partial charge >= 0.3 is 6.03 Å². The summed E-state index contributed by atoms with van der Waals surface area (Å²) >= 11 is 0. The van der Waals surface area contributed by atoms with Gasteiger partial charge in [0.25, 0.3) is 0 Å². The van der Waals surface area contributed by atoms with E-state index in [-0.39, 0.29) is 24.2 Å². The number of anilines is 1. The zero-order valence-electron chi connectivity index (χ0n) is 14.6. The zero-order valence-corrected chi connectivity index (χ0v) is 14.6. The normalized spacial score (nSPS) is 24.7. The number of aromatic nitrogens is 2. The van der Waals surface area contributed by atoms with Gasteiger partial charge in [-0.25, -0.2) is 9.48 Å². The Morgan fingerprint density at radius 3 is 2.72 bits per heavy atom. The third-order valence-electron chi connectivity index (χ3n) is 4.96. The Kier molecular flexibility index (Phi) is 4.21. The number of carbonyl (C=O) groups is 1. The van der Waals surface area contributed by atoms with Crippen LogP contribution in [-0.4, -0.2) is 34.1 Å². The fourth-order valence-electron chi connectivity index (χ4n) is 3.74. The summed E-state index contributed by atoms with van der Waals surface area (Å²) in [4.78, 5) is 12.4. The van der Waals surface area contributed by atoms with Crippen LogP contribution in [0.25, 0.3) is 11.3 Å². The van der Waals surface area contributed by atoms with Gasteiger partial charge in [0.2, 0.25) is 0 Å². The largest absolute Gasteiger partial charge is 0.373 e. The van der Waals surface area contributed by atoms with Gasteiger partial charge in [0, 0.05) is 17.7 Å². The van der Waals surface area contributed by atoms with Crippen molar-refractivity contribution in [2.45, 2.75) is 57.4 Å². The molecule has 25 heavy (non-hydrogen) atoms. The summed E-state index contributed by atoms with van der Waals surface area (Å²) in [6.07, 6.45) is 3.56. The molecule has 132 valence electrons. The van der Waals surface area contributed by atoms with Crippen molar-refractivity contribution < 1.29 is 9.53 Å². The van der Waals surface area contributed by atoms with Crippen LogP contribution >= 0.6 is 0 Å². The molecule has 2 amide bonds. The summed E-state index contributed by atoms with van der Waals surface area (Å²) in [5, 5.41) is 10.7. The van der Waals surface area contributed by atoms with Crippen LogP contribution < -0.4 is 10.6 Å². The number of amides is 2. The molecule has 6 nitrogen and oxygen atoms in total. The van der Waals surface area contributed by atoms with E-state index in [4.69, 9.17) is 4.74 Å². The Bertz CT molecular complexity index is 756. The Hall–Kier alpha value is -2.34. The highest BCUT2D eigenvalue weighted by molar-refractivity contribution is 5.89. The van der Waals surface area contributed by atoms with Gasteiger partial charge in [-0.05, 0) is 33.1 Å². The maximum atomic E-state index is 12.4. The summed E-state index contributed by atoms with van der Waals surface area (Å²) in [5.74, 6) is 0.704. The average molecular weight is 340 g/mol. The molecule has 3 atom stereocenters. The van der Waals surface area contributed by atoms with Gasteiger partial charge in [-0.15, -0.1) is 0 Å². The first kappa shape index (κ1) is 16.1. The summed E-state index contributed by atoms with van der Waals surface area (Å²) in [6.45, 7) is 4.10. The molecular weight excluding hydrogens is 316 g/mol. The topological polar surface area (TPSA) is 68.2 Å². The van der Waals surface area contributed by atoms with Crippen molar-refractivity contribution in [3.8, 4) is 11.3 Å². The zero-order chi connectivity index (χ0) is 17.4. The first-order chi connectivity index (χ1) is 12.1. The number of ether oxygens (including phenoxy) is 1. The quantitative estimate of drug-likeness (QED) is 0.894. The summed E-state index contributed by atoms with van der Waals surface area (Å²) in [6, 6.07) is 12.0. The fraction of sp³-hybridized carbons (Fsp3) is 0.474. The second-order valence-corrected chi connectivity index (χ2v) is 7.13. The molecule has 2 bridgehead atoms. The van der Waals surface area contributed by atoms with Crippen LogP contribution in [0.4, 0.5) is 10.6 Å². The summed E-state index contributed by atoms with van der Waals surface area (Å²) in [7, 11) is 0. The van der Waals surface area contributed by atoms with Crippen molar-refractivity contribution in [3.63, 3.8) is 0 Å². The Morgan fingerprint density at radius 2 is 2.08 bits per heavy atom. The highest BCUT2D eigenvalue weighted by Crippen LogP contribution is 2.34. The third kappa shape index (κ3) is 3.26. The second-order valence-electron chi connectivity index (χ2n) is 7.13. The lowest BCUT2D eigenvalue weighted by atomic mass is 9.96. The Morgan fingerprint density at radius 1 is 1.28 bits per heavy atom. The molecule has 0 saturated carbocycles. The monoisotopic (exact) mass is 340 g/mol. The predicted molar refractivity (Wildman–Crippen MR) is 96.5 cm³/mol. The average Bonchev–Trinajstić information content (AvgIpc) is 3.30. The minimum absolute atomic E-state index is 0.114. The third-order valence-corrected chi connectivity index (χ3v) is 4.96. The molecule has 1 aromatic heterocycles. The predicted octanol–water partition coefficient (Wildman–Crippen LogP) is 3.57. The van der Waals surface area contributed by atoms with Gasteiger partial charge in [0.1, 0.15) is 5.82 Å². The molecule has 6 heteroatoms. The number of urea groups is 1. The SMILES string of the molecule is CC(C)n1nc(-c2ccccc2)cc1NC(=O)NC1CC2CCC1O2. The molecule has 2 saturated heterocycles. The number of rotatable bonds is 4. The van der Waals surface area contributed by atoms with Gasteiger partial charge in [-0.3, -0.25) is 5.32 Å². The number of benzene rings is 1. The van der Waals surface area contributed by atoms with Crippen LogP contribution in [-0.2, 0) is 4.74 Å². The molecule has 0 spiro atoms. The van der Waals surface area contributed by atoms with Crippen LogP contribution in [0.3, 0.4) is 0 Å². The number of fused-ring (bicyclic) bond motifs is 2. The van der Waals surface area contributed by atoms with Gasteiger partial charge in [-0.1, -0.05) is 30.3 Å². The van der Waals surface area contributed by atoms with Gasteiger partial charge in [0.15, 0.2) is 0 Å². The minimum atomic E-state index is -0.192. The van der Waals surface area contributed by atoms with Crippen LogP contribution in [0.5, 0.6) is 0 Å². The number of hydrogen-bond acceptors (Lipinski definition) is 3. The highest BCUT2D eigenvalue weighted by atomic mass is 16.5. The molecule has 2 aliphatic heterocycles. The van der Waals surface area contributed by atoms with Gasteiger partial charge in [-0.2, -0.15) is 5.10 Å². The standard InChI is InChI=1S/C19H24N4O2/c1-12(2)23-18(11-15(22-23)13-6-4-3-5-7-13)21-19(24)20-16-10-14-8-9-17(16)25-14/h3-7,11-12,14,16-17H,8-10H2,1-2H3,(H2,20,21,24). The lowest BCUT2D eigenvalue weighted by Crippen LogP contribution is -2.43. The van der Waals surface area contributed by atoms with Crippen LogP contribution in [0.1, 0.15) is 39.2 Å². The molecule has 2 fully saturated rings. The van der Waals surface area contributed by atoms with Crippen molar-refractivity contribution in [2.75, 3.05) is 5.32 Å². The van der Waals surface area contributed by atoms with E-state index < -0.39 is 0 Å². The minimum Gasteiger partial charge on any atom is -0.373 e. The van der Waals surface area contributed by atoms with Gasteiger partial charge < -0.3 is 10.1 Å². The second kappa shape index (κ2) is 6.52. The lowest BCUT2D eigenvalue weighted by molar-refractivity contribution is 0.0984. The number of hydrogen-bond donors (Lipinski definition) is 2. The van der Waals surface area contributed by atoms with Crippen LogP contribution in [0.2, 0.25) is 0 Å². The van der Waals surface area contributed by atoms with E-state index in [9.17, 15) is 4.79 Å². The van der Waals surface area contributed by atoms with E-state index in [1.807, 2.05) is 41.1 Å². The number of nitrogens with one attached hydrogen (secondary N) is 2. The van der Waals surface area contributed by atoms with E-state index in [1.54, 1.807) is 0 Å².